The van der Waals surface area contributed by atoms with Gasteiger partial charge in [-0.05, 0) is 66.6 Å². The molecule has 4 saturated carbocycles. The number of aliphatic carboxylic acids is 1. The van der Waals surface area contributed by atoms with Gasteiger partial charge in [-0.25, -0.2) is 0 Å². The van der Waals surface area contributed by atoms with Crippen molar-refractivity contribution in [2.24, 2.45) is 28.1 Å². The van der Waals surface area contributed by atoms with E-state index < -0.39 is 5.97 Å². The highest BCUT2D eigenvalue weighted by Gasteiger charge is 2.61. The number of carbonyl (C=O) groups is 1. The van der Waals surface area contributed by atoms with Crippen LogP contribution in [0.25, 0.3) is 0 Å². The molecule has 2 nitrogen and oxygen atoms in total. The molecule has 2 unspecified atom stereocenters. The summed E-state index contributed by atoms with van der Waals surface area (Å²) >= 11 is 0. The molecule has 0 aromatic carbocycles. The van der Waals surface area contributed by atoms with Crippen LogP contribution in [0.1, 0.15) is 65.7 Å². The summed E-state index contributed by atoms with van der Waals surface area (Å²) in [6.45, 7) is 7.11. The fourth-order valence-electron chi connectivity index (χ4n) is 5.86. The van der Waals surface area contributed by atoms with Crippen LogP contribution < -0.4 is 0 Å². The van der Waals surface area contributed by atoms with Gasteiger partial charge in [0.15, 0.2) is 0 Å². The highest BCUT2D eigenvalue weighted by molar-refractivity contribution is 5.67. The minimum Gasteiger partial charge on any atom is -0.481 e. The van der Waals surface area contributed by atoms with Gasteiger partial charge in [-0.15, -0.1) is 0 Å². The summed E-state index contributed by atoms with van der Waals surface area (Å²) < 4.78 is 0. The second-order valence-corrected chi connectivity index (χ2v) is 8.56. The Morgan fingerprint density at radius 2 is 1.72 bits per heavy atom. The fraction of sp³-hybridized carbons (Fsp3) is 0.938. The van der Waals surface area contributed by atoms with Crippen molar-refractivity contribution in [1.82, 2.24) is 0 Å². The van der Waals surface area contributed by atoms with Gasteiger partial charge < -0.3 is 5.11 Å². The zero-order valence-corrected chi connectivity index (χ0v) is 12.0. The second-order valence-electron chi connectivity index (χ2n) is 8.56. The van der Waals surface area contributed by atoms with Crippen LogP contribution in [0.15, 0.2) is 0 Å². The lowest BCUT2D eigenvalue weighted by Gasteiger charge is -2.66. The summed E-state index contributed by atoms with van der Waals surface area (Å²) in [5, 5.41) is 9.26. The minimum atomic E-state index is -0.582. The number of rotatable bonds is 2. The van der Waals surface area contributed by atoms with Gasteiger partial charge in [-0.1, -0.05) is 20.8 Å². The van der Waals surface area contributed by atoms with Crippen LogP contribution in [0.4, 0.5) is 0 Å². The Bertz CT molecular complexity index is 363. The number of carboxylic acid groups (broad SMARTS) is 1. The Balaban J connectivity index is 1.95. The third-order valence-electron chi connectivity index (χ3n) is 6.30. The molecule has 2 atom stereocenters. The van der Waals surface area contributed by atoms with Gasteiger partial charge in [0.05, 0.1) is 6.42 Å². The van der Waals surface area contributed by atoms with E-state index in [1.165, 1.54) is 38.5 Å². The molecule has 18 heavy (non-hydrogen) atoms. The van der Waals surface area contributed by atoms with Gasteiger partial charge in [0.25, 0.3) is 0 Å². The maximum absolute atomic E-state index is 11.2. The first-order valence-electron chi connectivity index (χ1n) is 7.46. The molecule has 2 heteroatoms. The Morgan fingerprint density at radius 1 is 1.17 bits per heavy atom. The van der Waals surface area contributed by atoms with Crippen molar-refractivity contribution in [1.29, 1.82) is 0 Å². The highest BCUT2D eigenvalue weighted by Crippen LogP contribution is 2.70. The van der Waals surface area contributed by atoms with E-state index in [0.717, 1.165) is 11.8 Å². The first-order valence-corrected chi connectivity index (χ1v) is 7.46. The lowest BCUT2D eigenvalue weighted by atomic mass is 9.39. The average Bonchev–Trinajstić information content (AvgIpc) is 2.10. The predicted octanol–water partition coefficient (Wildman–Crippen LogP) is 4.09. The smallest absolute Gasteiger partial charge is 0.303 e. The number of carboxylic acids is 1. The van der Waals surface area contributed by atoms with Crippen molar-refractivity contribution in [2.45, 2.75) is 65.7 Å². The zero-order valence-electron chi connectivity index (χ0n) is 12.0. The van der Waals surface area contributed by atoms with E-state index in [-0.39, 0.29) is 5.41 Å². The highest BCUT2D eigenvalue weighted by atomic mass is 16.4. The van der Waals surface area contributed by atoms with E-state index in [1.54, 1.807) is 0 Å². The molecule has 4 bridgehead atoms. The number of hydrogen-bond donors (Lipinski definition) is 1. The lowest BCUT2D eigenvalue weighted by molar-refractivity contribution is -0.170. The molecule has 0 saturated heterocycles. The van der Waals surface area contributed by atoms with Crippen molar-refractivity contribution in [3.05, 3.63) is 0 Å². The molecule has 4 rings (SSSR count). The first kappa shape index (κ1) is 12.5. The second kappa shape index (κ2) is 3.52. The van der Waals surface area contributed by atoms with E-state index in [9.17, 15) is 9.90 Å². The topological polar surface area (TPSA) is 37.3 Å². The molecule has 4 aliphatic rings. The van der Waals surface area contributed by atoms with Crippen LogP contribution in [0, 0.1) is 28.1 Å². The molecule has 0 radical (unpaired) electrons. The summed E-state index contributed by atoms with van der Waals surface area (Å²) in [4.78, 5) is 11.2. The van der Waals surface area contributed by atoms with E-state index in [1.807, 2.05) is 0 Å². The van der Waals surface area contributed by atoms with Crippen LogP contribution >= 0.6 is 0 Å². The van der Waals surface area contributed by atoms with Gasteiger partial charge in [0, 0.05) is 0 Å². The van der Waals surface area contributed by atoms with Gasteiger partial charge in [0.1, 0.15) is 0 Å². The maximum atomic E-state index is 11.2. The molecular formula is C16H26O2. The SMILES string of the molecule is CC(C)(C)C12CC3CC(CC(CC(=O)O)(C3)C1)C2. The van der Waals surface area contributed by atoms with Gasteiger partial charge in [-0.3, -0.25) is 4.79 Å². The fourth-order valence-corrected chi connectivity index (χ4v) is 5.86. The quantitative estimate of drug-likeness (QED) is 0.801. The molecule has 102 valence electrons. The zero-order chi connectivity index (χ0) is 13.2. The van der Waals surface area contributed by atoms with E-state index in [4.69, 9.17) is 0 Å². The van der Waals surface area contributed by atoms with E-state index >= 15 is 0 Å². The van der Waals surface area contributed by atoms with Gasteiger partial charge in [-0.2, -0.15) is 0 Å². The average molecular weight is 250 g/mol. The molecule has 0 aliphatic heterocycles. The maximum Gasteiger partial charge on any atom is 0.303 e. The molecule has 4 aliphatic carbocycles. The summed E-state index contributed by atoms with van der Waals surface area (Å²) in [6.07, 6.45) is 8.05. The van der Waals surface area contributed by atoms with Crippen molar-refractivity contribution >= 4 is 5.97 Å². The third-order valence-corrected chi connectivity index (χ3v) is 6.30. The number of hydrogen-bond acceptors (Lipinski definition) is 1. The van der Waals surface area contributed by atoms with Gasteiger partial charge in [0.2, 0.25) is 0 Å². The van der Waals surface area contributed by atoms with Crippen LogP contribution in [0.3, 0.4) is 0 Å². The molecule has 0 heterocycles. The summed E-state index contributed by atoms with van der Waals surface area (Å²) in [7, 11) is 0. The summed E-state index contributed by atoms with van der Waals surface area (Å²) in [5.41, 5.74) is 0.893. The molecule has 0 spiro atoms. The summed E-state index contributed by atoms with van der Waals surface area (Å²) in [5.74, 6) is 1.04. The Morgan fingerprint density at radius 3 is 2.17 bits per heavy atom. The van der Waals surface area contributed by atoms with Crippen LogP contribution in [-0.2, 0) is 4.79 Å². The predicted molar refractivity (Wildman–Crippen MR) is 71.3 cm³/mol. The van der Waals surface area contributed by atoms with Crippen LogP contribution in [0.2, 0.25) is 0 Å². The minimum absolute atomic E-state index is 0.142. The molecule has 0 aromatic heterocycles. The Hall–Kier alpha value is -0.530. The molecule has 1 N–H and O–H groups in total. The van der Waals surface area contributed by atoms with E-state index in [2.05, 4.69) is 20.8 Å². The van der Waals surface area contributed by atoms with E-state index in [0.29, 0.717) is 17.3 Å². The normalized spacial score (nSPS) is 46.4. The Labute approximate surface area is 110 Å². The molecule has 0 amide bonds. The van der Waals surface area contributed by atoms with Crippen molar-refractivity contribution in [3.63, 3.8) is 0 Å². The van der Waals surface area contributed by atoms with Gasteiger partial charge >= 0.3 is 5.97 Å². The van der Waals surface area contributed by atoms with Crippen LogP contribution in [0.5, 0.6) is 0 Å². The third kappa shape index (κ3) is 1.71. The van der Waals surface area contributed by atoms with Crippen molar-refractivity contribution in [2.75, 3.05) is 0 Å². The first-order chi connectivity index (χ1) is 8.24. The monoisotopic (exact) mass is 250 g/mol. The molecule has 4 fully saturated rings. The van der Waals surface area contributed by atoms with Crippen molar-refractivity contribution in [3.8, 4) is 0 Å². The lowest BCUT2D eigenvalue weighted by Crippen LogP contribution is -2.56. The Kier molecular flexibility index (Phi) is 2.44. The molecule has 0 aromatic rings. The summed E-state index contributed by atoms with van der Waals surface area (Å²) in [6, 6.07) is 0. The van der Waals surface area contributed by atoms with Crippen molar-refractivity contribution < 1.29 is 9.90 Å². The largest absolute Gasteiger partial charge is 0.481 e. The molecular weight excluding hydrogens is 224 g/mol. The van der Waals surface area contributed by atoms with Crippen LogP contribution in [-0.4, -0.2) is 11.1 Å². The standard InChI is InChI=1S/C16H26O2/c1-14(2,3)16-7-11-4-12(8-16)6-15(5-11,10-16)9-13(17)18/h11-12H,4-10H2,1-3H3,(H,17,18).